The van der Waals surface area contributed by atoms with Crippen LogP contribution in [0.15, 0.2) is 18.2 Å². The molecule has 0 bridgehead atoms. The van der Waals surface area contributed by atoms with Gasteiger partial charge in [-0.1, -0.05) is 39.0 Å². The number of aryl methyl sites for hydroxylation is 2. The highest BCUT2D eigenvalue weighted by Crippen LogP contribution is 2.14. The summed E-state index contributed by atoms with van der Waals surface area (Å²) < 4.78 is 5.65. The lowest BCUT2D eigenvalue weighted by Crippen LogP contribution is -2.20. The van der Waals surface area contributed by atoms with Crippen LogP contribution >= 0.6 is 0 Å². The number of hydrogen-bond donors (Lipinski definition) is 1. The molecule has 0 atom stereocenters. The van der Waals surface area contributed by atoms with Crippen molar-refractivity contribution in [3.8, 4) is 0 Å². The summed E-state index contributed by atoms with van der Waals surface area (Å²) in [7, 11) is 0. The molecule has 2 heteroatoms. The molecule has 1 N–H and O–H groups in total. The zero-order valence-electron chi connectivity index (χ0n) is 12.8. The van der Waals surface area contributed by atoms with E-state index in [4.69, 9.17) is 4.74 Å². The van der Waals surface area contributed by atoms with Gasteiger partial charge in [-0.15, -0.1) is 0 Å². The zero-order chi connectivity index (χ0) is 13.9. The molecule has 0 fully saturated rings. The summed E-state index contributed by atoms with van der Waals surface area (Å²) in [5, 5.41) is 3.34. The molecule has 1 aromatic rings. The summed E-state index contributed by atoms with van der Waals surface area (Å²) in [6.45, 7) is 10.3. The molecule has 19 heavy (non-hydrogen) atoms. The van der Waals surface area contributed by atoms with E-state index in [9.17, 15) is 0 Å². The molecule has 1 rings (SSSR count). The SMILES string of the molecule is CCCNCCOCCc1ccc(CC)c(CC)c1. The summed E-state index contributed by atoms with van der Waals surface area (Å²) in [6, 6.07) is 6.87. The molecule has 1 aromatic carbocycles. The predicted octanol–water partition coefficient (Wildman–Crippen LogP) is 3.37. The summed E-state index contributed by atoms with van der Waals surface area (Å²) >= 11 is 0. The van der Waals surface area contributed by atoms with Crippen LogP contribution in [0, 0.1) is 0 Å². The molecule has 0 spiro atoms. The Morgan fingerprint density at radius 3 is 2.42 bits per heavy atom. The predicted molar refractivity (Wildman–Crippen MR) is 82.9 cm³/mol. The average molecular weight is 263 g/mol. The molecule has 0 aliphatic heterocycles. The fourth-order valence-corrected chi connectivity index (χ4v) is 2.25. The molecule has 2 nitrogen and oxygen atoms in total. The van der Waals surface area contributed by atoms with E-state index in [0.717, 1.165) is 45.6 Å². The van der Waals surface area contributed by atoms with Crippen molar-refractivity contribution < 1.29 is 4.74 Å². The van der Waals surface area contributed by atoms with Crippen molar-refractivity contribution in [3.63, 3.8) is 0 Å². The molecular formula is C17H29NO. The van der Waals surface area contributed by atoms with Gasteiger partial charge in [0.2, 0.25) is 0 Å². The zero-order valence-corrected chi connectivity index (χ0v) is 12.8. The highest BCUT2D eigenvalue weighted by atomic mass is 16.5. The Morgan fingerprint density at radius 2 is 1.74 bits per heavy atom. The van der Waals surface area contributed by atoms with Gasteiger partial charge in [0.25, 0.3) is 0 Å². The first-order chi connectivity index (χ1) is 9.31. The summed E-state index contributed by atoms with van der Waals surface area (Å²) in [5.41, 5.74) is 4.37. The molecule has 0 heterocycles. The van der Waals surface area contributed by atoms with Crippen molar-refractivity contribution >= 4 is 0 Å². The Labute approximate surface area is 118 Å². The van der Waals surface area contributed by atoms with Crippen LogP contribution in [0.4, 0.5) is 0 Å². The van der Waals surface area contributed by atoms with Crippen molar-refractivity contribution in [2.45, 2.75) is 46.5 Å². The quantitative estimate of drug-likeness (QED) is 0.654. The Balaban J connectivity index is 2.26. The van der Waals surface area contributed by atoms with Gasteiger partial charge in [0.15, 0.2) is 0 Å². The van der Waals surface area contributed by atoms with Crippen LogP contribution in [0.25, 0.3) is 0 Å². The first kappa shape index (κ1) is 16.2. The van der Waals surface area contributed by atoms with Crippen molar-refractivity contribution in [1.82, 2.24) is 5.32 Å². The largest absolute Gasteiger partial charge is 0.380 e. The maximum Gasteiger partial charge on any atom is 0.0591 e. The van der Waals surface area contributed by atoms with Crippen molar-refractivity contribution in [3.05, 3.63) is 34.9 Å². The second kappa shape index (κ2) is 9.99. The molecule has 0 aliphatic rings. The maximum atomic E-state index is 5.65. The average Bonchev–Trinajstić information content (AvgIpc) is 2.46. The maximum absolute atomic E-state index is 5.65. The Kier molecular flexibility index (Phi) is 8.52. The number of hydrogen-bond acceptors (Lipinski definition) is 2. The second-order valence-electron chi connectivity index (χ2n) is 4.92. The molecule has 0 saturated carbocycles. The minimum Gasteiger partial charge on any atom is -0.380 e. The summed E-state index contributed by atoms with van der Waals surface area (Å²) in [4.78, 5) is 0. The van der Waals surface area contributed by atoms with Gasteiger partial charge in [-0.2, -0.15) is 0 Å². The van der Waals surface area contributed by atoms with Crippen LogP contribution in [0.2, 0.25) is 0 Å². The van der Waals surface area contributed by atoms with Gasteiger partial charge < -0.3 is 10.1 Å². The number of benzene rings is 1. The van der Waals surface area contributed by atoms with E-state index in [-0.39, 0.29) is 0 Å². The third-order valence-electron chi connectivity index (χ3n) is 3.42. The Hall–Kier alpha value is -0.860. The standard InChI is InChI=1S/C17H29NO/c1-4-10-18-11-13-19-12-9-15-7-8-16(5-2)17(6-3)14-15/h7-8,14,18H,4-6,9-13H2,1-3H3. The highest BCUT2D eigenvalue weighted by Gasteiger charge is 2.01. The Bertz CT molecular complexity index is 349. The van der Waals surface area contributed by atoms with Gasteiger partial charge in [0, 0.05) is 6.54 Å². The lowest BCUT2D eigenvalue weighted by molar-refractivity contribution is 0.139. The smallest absolute Gasteiger partial charge is 0.0591 e. The van der Waals surface area contributed by atoms with Crippen LogP contribution in [0.1, 0.15) is 43.9 Å². The second-order valence-corrected chi connectivity index (χ2v) is 4.92. The minimum absolute atomic E-state index is 0.813. The molecule has 0 saturated heterocycles. The minimum atomic E-state index is 0.813. The molecular weight excluding hydrogens is 234 g/mol. The fourth-order valence-electron chi connectivity index (χ4n) is 2.25. The normalized spacial score (nSPS) is 10.9. The van der Waals surface area contributed by atoms with Gasteiger partial charge in [-0.05, 0) is 48.9 Å². The van der Waals surface area contributed by atoms with E-state index in [0.29, 0.717) is 0 Å². The topological polar surface area (TPSA) is 21.3 Å². The first-order valence-corrected chi connectivity index (χ1v) is 7.70. The van der Waals surface area contributed by atoms with Crippen molar-refractivity contribution in [1.29, 1.82) is 0 Å². The van der Waals surface area contributed by atoms with Gasteiger partial charge in [-0.25, -0.2) is 0 Å². The molecule has 0 amide bonds. The van der Waals surface area contributed by atoms with E-state index in [2.05, 4.69) is 44.3 Å². The number of rotatable bonds is 10. The van der Waals surface area contributed by atoms with Gasteiger partial charge >= 0.3 is 0 Å². The first-order valence-electron chi connectivity index (χ1n) is 7.70. The van der Waals surface area contributed by atoms with Crippen LogP contribution in [-0.4, -0.2) is 26.3 Å². The molecule has 0 aliphatic carbocycles. The fraction of sp³-hybridized carbons (Fsp3) is 0.647. The highest BCUT2D eigenvalue weighted by molar-refractivity contribution is 5.32. The van der Waals surface area contributed by atoms with E-state index >= 15 is 0 Å². The lowest BCUT2D eigenvalue weighted by atomic mass is 9.99. The Morgan fingerprint density at radius 1 is 0.947 bits per heavy atom. The van der Waals surface area contributed by atoms with Gasteiger partial charge in [-0.3, -0.25) is 0 Å². The molecule has 0 unspecified atom stereocenters. The third kappa shape index (κ3) is 6.22. The molecule has 0 radical (unpaired) electrons. The van der Waals surface area contributed by atoms with Crippen molar-refractivity contribution in [2.24, 2.45) is 0 Å². The van der Waals surface area contributed by atoms with Gasteiger partial charge in [0.05, 0.1) is 13.2 Å². The van der Waals surface area contributed by atoms with Crippen LogP contribution < -0.4 is 5.32 Å². The number of nitrogens with one attached hydrogen (secondary N) is 1. The van der Waals surface area contributed by atoms with E-state index < -0.39 is 0 Å². The molecule has 0 aromatic heterocycles. The van der Waals surface area contributed by atoms with E-state index in [1.807, 2.05) is 0 Å². The monoisotopic (exact) mass is 263 g/mol. The van der Waals surface area contributed by atoms with Crippen molar-refractivity contribution in [2.75, 3.05) is 26.3 Å². The van der Waals surface area contributed by atoms with Crippen LogP contribution in [0.3, 0.4) is 0 Å². The summed E-state index contributed by atoms with van der Waals surface area (Å²) in [6.07, 6.45) is 4.45. The van der Waals surface area contributed by atoms with E-state index in [1.165, 1.54) is 23.1 Å². The number of ether oxygens (including phenoxy) is 1. The van der Waals surface area contributed by atoms with E-state index in [1.54, 1.807) is 0 Å². The lowest BCUT2D eigenvalue weighted by Gasteiger charge is -2.09. The van der Waals surface area contributed by atoms with Crippen LogP contribution in [0.5, 0.6) is 0 Å². The third-order valence-corrected chi connectivity index (χ3v) is 3.42. The molecule has 108 valence electrons. The van der Waals surface area contributed by atoms with Crippen LogP contribution in [-0.2, 0) is 24.0 Å². The summed E-state index contributed by atoms with van der Waals surface area (Å²) in [5.74, 6) is 0. The van der Waals surface area contributed by atoms with Gasteiger partial charge in [0.1, 0.15) is 0 Å².